The number of nitrogens with one attached hydrogen (secondary N) is 1. The first kappa shape index (κ1) is 13.4. The van der Waals surface area contributed by atoms with Crippen LogP contribution >= 0.6 is 0 Å². The number of β-amino-alcohol motifs (C(OH)–C–C–N with tert-alkyl or cyclic N) is 2. The average molecular weight is 230 g/mol. The van der Waals surface area contributed by atoms with E-state index in [4.69, 9.17) is 0 Å². The van der Waals surface area contributed by atoms with Crippen LogP contribution in [0.1, 0.15) is 20.8 Å². The number of hydrogen-bond donors (Lipinski definition) is 3. The Bertz CT molecular complexity index is 235. The van der Waals surface area contributed by atoms with Crippen molar-refractivity contribution < 1.29 is 15.0 Å². The van der Waals surface area contributed by atoms with Crippen LogP contribution in [0.5, 0.6) is 0 Å². The lowest BCUT2D eigenvalue weighted by molar-refractivity contribution is -0.125. The number of carbonyl (C=O) groups excluding carboxylic acids is 1. The minimum atomic E-state index is -0.736. The first-order valence-corrected chi connectivity index (χ1v) is 5.79. The van der Waals surface area contributed by atoms with Crippen LogP contribution in [0.2, 0.25) is 0 Å². The summed E-state index contributed by atoms with van der Waals surface area (Å²) in [6, 6.07) is -0.300. The number of nitrogens with zero attached hydrogens (tertiary/aromatic N) is 1. The molecule has 94 valence electrons. The van der Waals surface area contributed by atoms with Crippen LogP contribution in [-0.2, 0) is 4.79 Å². The highest BCUT2D eigenvalue weighted by molar-refractivity contribution is 5.81. The Hall–Kier alpha value is -0.650. The van der Waals surface area contributed by atoms with Crippen LogP contribution in [0.15, 0.2) is 0 Å². The summed E-state index contributed by atoms with van der Waals surface area (Å²) in [5, 5.41) is 21.6. The SMILES string of the molecule is CC(C)CNC(=O)C(C)N1CC(O)C(O)C1. The van der Waals surface area contributed by atoms with Crippen molar-refractivity contribution in [2.45, 2.75) is 39.0 Å². The summed E-state index contributed by atoms with van der Waals surface area (Å²) in [6.45, 7) is 7.24. The molecule has 1 fully saturated rings. The molecule has 0 aromatic carbocycles. The first-order chi connectivity index (χ1) is 7.41. The Morgan fingerprint density at radius 3 is 2.25 bits per heavy atom. The van der Waals surface area contributed by atoms with Gasteiger partial charge in [0.25, 0.3) is 0 Å². The van der Waals surface area contributed by atoms with Crippen LogP contribution in [-0.4, -0.2) is 58.9 Å². The highest BCUT2D eigenvalue weighted by Gasteiger charge is 2.34. The number of rotatable bonds is 4. The molecule has 0 radical (unpaired) electrons. The zero-order valence-electron chi connectivity index (χ0n) is 10.2. The molecule has 1 aliphatic rings. The molecule has 1 saturated heterocycles. The van der Waals surface area contributed by atoms with Crippen LogP contribution in [0.3, 0.4) is 0 Å². The smallest absolute Gasteiger partial charge is 0.237 e. The van der Waals surface area contributed by atoms with Crippen molar-refractivity contribution in [3.05, 3.63) is 0 Å². The summed E-state index contributed by atoms with van der Waals surface area (Å²) in [6.07, 6.45) is -1.47. The van der Waals surface area contributed by atoms with Gasteiger partial charge in [-0.3, -0.25) is 9.69 Å². The summed E-state index contributed by atoms with van der Waals surface area (Å²) in [4.78, 5) is 13.5. The predicted molar refractivity (Wildman–Crippen MR) is 60.9 cm³/mol. The van der Waals surface area contributed by atoms with Crippen LogP contribution in [0.4, 0.5) is 0 Å². The standard InChI is InChI=1S/C11H22N2O3/c1-7(2)4-12-11(16)8(3)13-5-9(14)10(15)6-13/h7-10,14-15H,4-6H2,1-3H3,(H,12,16). The van der Waals surface area contributed by atoms with Gasteiger partial charge in [0.15, 0.2) is 0 Å². The van der Waals surface area contributed by atoms with Crippen LogP contribution in [0, 0.1) is 5.92 Å². The molecule has 0 aromatic heterocycles. The van der Waals surface area contributed by atoms with Gasteiger partial charge in [-0.25, -0.2) is 0 Å². The van der Waals surface area contributed by atoms with Gasteiger partial charge < -0.3 is 15.5 Å². The van der Waals surface area contributed by atoms with E-state index in [2.05, 4.69) is 5.32 Å². The maximum Gasteiger partial charge on any atom is 0.237 e. The monoisotopic (exact) mass is 230 g/mol. The van der Waals surface area contributed by atoms with Crippen LogP contribution in [0.25, 0.3) is 0 Å². The molecule has 3 atom stereocenters. The average Bonchev–Trinajstić information content (AvgIpc) is 2.54. The van der Waals surface area contributed by atoms with E-state index in [0.29, 0.717) is 25.6 Å². The van der Waals surface area contributed by atoms with Crippen molar-refractivity contribution in [3.8, 4) is 0 Å². The van der Waals surface area contributed by atoms with Gasteiger partial charge in [0.05, 0.1) is 18.2 Å². The summed E-state index contributed by atoms with van der Waals surface area (Å²) >= 11 is 0. The molecule has 0 aliphatic carbocycles. The Kier molecular flexibility index (Phi) is 4.70. The van der Waals surface area contributed by atoms with Crippen molar-refractivity contribution >= 4 is 5.91 Å². The molecule has 16 heavy (non-hydrogen) atoms. The topological polar surface area (TPSA) is 72.8 Å². The van der Waals surface area contributed by atoms with Gasteiger partial charge in [-0.05, 0) is 12.8 Å². The molecular weight excluding hydrogens is 208 g/mol. The van der Waals surface area contributed by atoms with Crippen molar-refractivity contribution in [2.75, 3.05) is 19.6 Å². The summed E-state index contributed by atoms with van der Waals surface area (Å²) < 4.78 is 0. The maximum atomic E-state index is 11.7. The predicted octanol–water partition coefficient (Wildman–Crippen LogP) is -0.815. The first-order valence-electron chi connectivity index (χ1n) is 5.79. The van der Waals surface area contributed by atoms with E-state index in [1.54, 1.807) is 11.8 Å². The zero-order chi connectivity index (χ0) is 12.3. The van der Waals surface area contributed by atoms with Gasteiger partial charge >= 0.3 is 0 Å². The molecule has 1 heterocycles. The lowest BCUT2D eigenvalue weighted by Gasteiger charge is -2.23. The third kappa shape index (κ3) is 3.43. The molecule has 1 amide bonds. The van der Waals surface area contributed by atoms with Gasteiger partial charge in [0.1, 0.15) is 0 Å². The third-order valence-electron chi connectivity index (χ3n) is 2.90. The molecule has 0 aromatic rings. The van der Waals surface area contributed by atoms with E-state index in [0.717, 1.165) is 0 Å². The molecule has 3 N–H and O–H groups in total. The number of hydrogen-bond acceptors (Lipinski definition) is 4. The van der Waals surface area contributed by atoms with Gasteiger partial charge in [-0.15, -0.1) is 0 Å². The quantitative estimate of drug-likeness (QED) is 0.590. The number of aliphatic hydroxyl groups excluding tert-OH is 2. The second-order valence-electron chi connectivity index (χ2n) is 4.90. The van der Waals surface area contributed by atoms with Crippen molar-refractivity contribution in [1.82, 2.24) is 10.2 Å². The van der Waals surface area contributed by atoms with Crippen molar-refractivity contribution in [1.29, 1.82) is 0 Å². The number of likely N-dealkylation sites (tertiary alicyclic amines) is 1. The van der Waals surface area contributed by atoms with Crippen molar-refractivity contribution in [3.63, 3.8) is 0 Å². The molecule has 3 unspecified atom stereocenters. The molecule has 5 heteroatoms. The Morgan fingerprint density at radius 2 is 1.81 bits per heavy atom. The highest BCUT2D eigenvalue weighted by atomic mass is 16.3. The second kappa shape index (κ2) is 5.61. The molecule has 1 rings (SSSR count). The summed E-state index contributed by atoms with van der Waals surface area (Å²) in [5.41, 5.74) is 0. The van der Waals surface area contributed by atoms with E-state index < -0.39 is 12.2 Å². The lowest BCUT2D eigenvalue weighted by Crippen LogP contribution is -2.45. The van der Waals surface area contributed by atoms with Gasteiger partial charge in [-0.2, -0.15) is 0 Å². The maximum absolute atomic E-state index is 11.7. The number of amides is 1. The zero-order valence-corrected chi connectivity index (χ0v) is 10.2. The number of carbonyl (C=O) groups is 1. The van der Waals surface area contributed by atoms with E-state index >= 15 is 0 Å². The molecular formula is C11H22N2O3. The van der Waals surface area contributed by atoms with E-state index in [9.17, 15) is 15.0 Å². The molecule has 0 spiro atoms. The van der Waals surface area contributed by atoms with Gasteiger partial charge in [0.2, 0.25) is 5.91 Å². The van der Waals surface area contributed by atoms with Gasteiger partial charge in [-0.1, -0.05) is 13.8 Å². The Labute approximate surface area is 96.4 Å². The van der Waals surface area contributed by atoms with E-state index in [1.807, 2.05) is 13.8 Å². The molecule has 5 nitrogen and oxygen atoms in total. The minimum Gasteiger partial charge on any atom is -0.389 e. The minimum absolute atomic E-state index is 0.0463. The molecule has 0 saturated carbocycles. The second-order valence-corrected chi connectivity index (χ2v) is 4.90. The van der Waals surface area contributed by atoms with E-state index in [-0.39, 0.29) is 11.9 Å². The highest BCUT2D eigenvalue weighted by Crippen LogP contribution is 2.13. The molecule has 1 aliphatic heterocycles. The fourth-order valence-electron chi connectivity index (χ4n) is 1.73. The fourth-order valence-corrected chi connectivity index (χ4v) is 1.73. The number of aliphatic hydroxyl groups is 2. The lowest BCUT2D eigenvalue weighted by atomic mass is 10.2. The normalized spacial score (nSPS) is 28.4. The Balaban J connectivity index is 2.39. The summed E-state index contributed by atoms with van der Waals surface area (Å²) in [7, 11) is 0. The van der Waals surface area contributed by atoms with Crippen molar-refractivity contribution in [2.24, 2.45) is 5.92 Å². The Morgan fingerprint density at radius 1 is 1.31 bits per heavy atom. The fraction of sp³-hybridized carbons (Fsp3) is 0.909. The van der Waals surface area contributed by atoms with Crippen LogP contribution < -0.4 is 5.32 Å². The van der Waals surface area contributed by atoms with E-state index in [1.165, 1.54) is 0 Å². The van der Waals surface area contributed by atoms with Gasteiger partial charge in [0, 0.05) is 19.6 Å². The third-order valence-corrected chi connectivity index (χ3v) is 2.90. The molecule has 0 bridgehead atoms. The summed E-state index contributed by atoms with van der Waals surface area (Å²) in [5.74, 6) is 0.376. The largest absolute Gasteiger partial charge is 0.389 e.